The lowest BCUT2D eigenvalue weighted by molar-refractivity contribution is -0.123. The predicted octanol–water partition coefficient (Wildman–Crippen LogP) is 2.70. The fourth-order valence-electron chi connectivity index (χ4n) is 2.28. The van der Waals surface area contributed by atoms with E-state index in [0.29, 0.717) is 11.3 Å². The molecule has 0 atom stereocenters. The second kappa shape index (κ2) is 8.19. The van der Waals surface area contributed by atoms with Gasteiger partial charge in [-0.25, -0.2) is 4.39 Å². The Morgan fingerprint density at radius 1 is 1.04 bits per heavy atom. The molecule has 0 spiro atoms. The van der Waals surface area contributed by atoms with Gasteiger partial charge in [0.05, 0.1) is 0 Å². The second-order valence-corrected chi connectivity index (χ2v) is 5.61. The third-order valence-electron chi connectivity index (χ3n) is 3.65. The van der Waals surface area contributed by atoms with Crippen molar-refractivity contribution >= 4 is 23.3 Å². The highest BCUT2D eigenvalue weighted by molar-refractivity contribution is 6.00. The summed E-state index contributed by atoms with van der Waals surface area (Å²) in [5.74, 6) is -1.13. The van der Waals surface area contributed by atoms with Gasteiger partial charge in [-0.15, -0.1) is 0 Å². The second-order valence-electron chi connectivity index (χ2n) is 5.61. The quantitative estimate of drug-likeness (QED) is 0.821. The third-order valence-corrected chi connectivity index (χ3v) is 3.65. The van der Waals surface area contributed by atoms with Gasteiger partial charge in [0, 0.05) is 24.7 Å². The monoisotopic (exact) mass is 342 g/mol. The van der Waals surface area contributed by atoms with Crippen molar-refractivity contribution in [1.82, 2.24) is 5.32 Å². The number of nitrogens with zero attached hydrogens (tertiary/aromatic N) is 1. The summed E-state index contributed by atoms with van der Waals surface area (Å²) in [7, 11) is 0. The number of amides is 2. The molecule has 0 bridgehead atoms. The Bertz CT molecular complexity index is 788. The van der Waals surface area contributed by atoms with Crippen molar-refractivity contribution in [2.75, 3.05) is 11.4 Å². The van der Waals surface area contributed by atoms with E-state index in [1.54, 1.807) is 36.4 Å². The van der Waals surface area contributed by atoms with E-state index in [9.17, 15) is 18.8 Å². The summed E-state index contributed by atoms with van der Waals surface area (Å²) in [5, 5.41) is 2.69. The first kappa shape index (κ1) is 18.3. The van der Waals surface area contributed by atoms with Crippen LogP contribution in [0, 0.1) is 5.82 Å². The molecular formula is C19H19FN2O3. The van der Waals surface area contributed by atoms with Gasteiger partial charge in [0.2, 0.25) is 11.8 Å². The molecule has 2 aromatic rings. The zero-order valence-corrected chi connectivity index (χ0v) is 14.1. The van der Waals surface area contributed by atoms with Crippen LogP contribution in [0.25, 0.3) is 0 Å². The molecule has 0 heterocycles. The first-order valence-corrected chi connectivity index (χ1v) is 7.77. The van der Waals surface area contributed by atoms with Crippen molar-refractivity contribution < 1.29 is 18.8 Å². The van der Waals surface area contributed by atoms with Gasteiger partial charge in [0.15, 0.2) is 5.78 Å². The Kier molecular flexibility index (Phi) is 6.00. The van der Waals surface area contributed by atoms with E-state index in [-0.39, 0.29) is 36.5 Å². The molecule has 6 heteroatoms. The van der Waals surface area contributed by atoms with E-state index < -0.39 is 0 Å². The Hall–Kier alpha value is -3.02. The molecule has 5 nitrogen and oxygen atoms in total. The molecule has 130 valence electrons. The molecule has 2 amide bonds. The van der Waals surface area contributed by atoms with Crippen LogP contribution in [-0.2, 0) is 16.1 Å². The maximum absolute atomic E-state index is 12.9. The van der Waals surface area contributed by atoms with E-state index >= 15 is 0 Å². The number of halogens is 1. The molecule has 2 aromatic carbocycles. The summed E-state index contributed by atoms with van der Waals surface area (Å²) in [5.41, 5.74) is 1.70. The minimum atomic E-state index is -0.354. The molecule has 2 rings (SSSR count). The molecular weight excluding hydrogens is 323 g/mol. The molecule has 0 aromatic heterocycles. The van der Waals surface area contributed by atoms with Crippen LogP contribution in [-0.4, -0.2) is 24.1 Å². The SMILES string of the molecule is CC(=O)c1cccc(N(CC(=O)NCc2ccc(F)cc2)C(C)=O)c1. The molecule has 0 fully saturated rings. The van der Waals surface area contributed by atoms with Crippen LogP contribution in [0.4, 0.5) is 10.1 Å². The standard InChI is InChI=1S/C19H19FN2O3/c1-13(23)16-4-3-5-18(10-16)22(14(2)24)12-19(25)21-11-15-6-8-17(20)9-7-15/h3-10H,11-12H2,1-2H3,(H,21,25). The summed E-state index contributed by atoms with van der Waals surface area (Å²) < 4.78 is 12.9. The topological polar surface area (TPSA) is 66.5 Å². The number of hydrogen-bond acceptors (Lipinski definition) is 3. The molecule has 0 unspecified atom stereocenters. The summed E-state index contributed by atoms with van der Waals surface area (Å²) in [6.45, 7) is 2.86. The number of anilines is 1. The van der Waals surface area contributed by atoms with Crippen molar-refractivity contribution in [2.24, 2.45) is 0 Å². The first-order chi connectivity index (χ1) is 11.9. The van der Waals surface area contributed by atoms with Crippen LogP contribution < -0.4 is 10.2 Å². The highest BCUT2D eigenvalue weighted by Gasteiger charge is 2.16. The Balaban J connectivity index is 2.04. The van der Waals surface area contributed by atoms with E-state index in [1.807, 2.05) is 0 Å². The summed E-state index contributed by atoms with van der Waals surface area (Å²) in [6, 6.07) is 12.4. The lowest BCUT2D eigenvalue weighted by atomic mass is 10.1. The van der Waals surface area contributed by atoms with Gasteiger partial charge in [-0.2, -0.15) is 0 Å². The first-order valence-electron chi connectivity index (χ1n) is 7.77. The van der Waals surface area contributed by atoms with Crippen LogP contribution in [0.3, 0.4) is 0 Å². The summed E-state index contributed by atoms with van der Waals surface area (Å²) >= 11 is 0. The Labute approximate surface area is 145 Å². The minimum absolute atomic E-state index is 0.119. The normalized spacial score (nSPS) is 10.2. The molecule has 1 N–H and O–H groups in total. The smallest absolute Gasteiger partial charge is 0.240 e. The number of ketones is 1. The zero-order chi connectivity index (χ0) is 18.4. The molecule has 0 aliphatic carbocycles. The maximum Gasteiger partial charge on any atom is 0.240 e. The van der Waals surface area contributed by atoms with Crippen LogP contribution in [0.5, 0.6) is 0 Å². The number of hydrogen-bond donors (Lipinski definition) is 1. The summed E-state index contributed by atoms with van der Waals surface area (Å²) in [6.07, 6.45) is 0. The van der Waals surface area contributed by atoms with E-state index in [0.717, 1.165) is 5.56 Å². The largest absolute Gasteiger partial charge is 0.350 e. The van der Waals surface area contributed by atoms with Gasteiger partial charge < -0.3 is 10.2 Å². The molecule has 0 radical (unpaired) electrons. The highest BCUT2D eigenvalue weighted by atomic mass is 19.1. The minimum Gasteiger partial charge on any atom is -0.350 e. The average Bonchev–Trinajstić information content (AvgIpc) is 2.59. The lowest BCUT2D eigenvalue weighted by Gasteiger charge is -2.21. The zero-order valence-electron chi connectivity index (χ0n) is 14.1. The van der Waals surface area contributed by atoms with Crippen molar-refractivity contribution in [1.29, 1.82) is 0 Å². The summed E-state index contributed by atoms with van der Waals surface area (Å²) in [4.78, 5) is 36.8. The number of rotatable bonds is 6. The molecule has 25 heavy (non-hydrogen) atoms. The predicted molar refractivity (Wildman–Crippen MR) is 92.7 cm³/mol. The van der Waals surface area contributed by atoms with Gasteiger partial charge >= 0.3 is 0 Å². The van der Waals surface area contributed by atoms with Crippen molar-refractivity contribution in [3.63, 3.8) is 0 Å². The maximum atomic E-state index is 12.9. The average molecular weight is 342 g/mol. The van der Waals surface area contributed by atoms with Crippen molar-refractivity contribution in [2.45, 2.75) is 20.4 Å². The van der Waals surface area contributed by atoms with Crippen molar-refractivity contribution in [3.8, 4) is 0 Å². The van der Waals surface area contributed by atoms with Crippen LogP contribution in [0.15, 0.2) is 48.5 Å². The highest BCUT2D eigenvalue weighted by Crippen LogP contribution is 2.17. The fraction of sp³-hybridized carbons (Fsp3) is 0.211. The number of carbonyl (C=O) groups is 3. The third kappa shape index (κ3) is 5.24. The Morgan fingerprint density at radius 3 is 2.32 bits per heavy atom. The van der Waals surface area contributed by atoms with E-state index in [4.69, 9.17) is 0 Å². The van der Waals surface area contributed by atoms with Gasteiger partial charge in [-0.05, 0) is 36.8 Å². The van der Waals surface area contributed by atoms with E-state index in [2.05, 4.69) is 5.32 Å². The van der Waals surface area contributed by atoms with Gasteiger partial charge in [0.1, 0.15) is 12.4 Å². The van der Waals surface area contributed by atoms with Crippen LogP contribution >= 0.6 is 0 Å². The molecule has 0 saturated heterocycles. The van der Waals surface area contributed by atoms with Crippen molar-refractivity contribution in [3.05, 3.63) is 65.5 Å². The molecule has 0 saturated carbocycles. The van der Waals surface area contributed by atoms with Gasteiger partial charge in [-0.3, -0.25) is 14.4 Å². The lowest BCUT2D eigenvalue weighted by Crippen LogP contribution is -2.39. The molecule has 0 aliphatic heterocycles. The number of nitrogens with one attached hydrogen (secondary N) is 1. The van der Waals surface area contributed by atoms with Gasteiger partial charge in [0.25, 0.3) is 0 Å². The molecule has 0 aliphatic rings. The van der Waals surface area contributed by atoms with Crippen LogP contribution in [0.1, 0.15) is 29.8 Å². The number of Topliss-reactive ketones (excluding diaryl/α,β-unsaturated/α-hetero) is 1. The Morgan fingerprint density at radius 2 is 1.72 bits per heavy atom. The number of carbonyl (C=O) groups excluding carboxylic acids is 3. The number of benzene rings is 2. The van der Waals surface area contributed by atoms with Gasteiger partial charge in [-0.1, -0.05) is 24.3 Å². The van der Waals surface area contributed by atoms with Crippen LogP contribution in [0.2, 0.25) is 0 Å². The van der Waals surface area contributed by atoms with E-state index in [1.165, 1.54) is 30.9 Å². The fourth-order valence-corrected chi connectivity index (χ4v) is 2.28.